The van der Waals surface area contributed by atoms with Crippen LogP contribution in [-0.2, 0) is 14.8 Å². The van der Waals surface area contributed by atoms with E-state index in [0.717, 1.165) is 10.7 Å². The molecule has 0 aromatic heterocycles. The minimum absolute atomic E-state index is 0.0951. The number of benzene rings is 1. The van der Waals surface area contributed by atoms with Gasteiger partial charge >= 0.3 is 0 Å². The van der Waals surface area contributed by atoms with Crippen molar-refractivity contribution in [1.82, 2.24) is 9.62 Å². The van der Waals surface area contributed by atoms with Crippen molar-refractivity contribution >= 4 is 15.9 Å². The number of hydrogen-bond donors (Lipinski definition) is 2. The Morgan fingerprint density at radius 2 is 1.90 bits per heavy atom. The smallest absolute Gasteiger partial charge is 0.243 e. The van der Waals surface area contributed by atoms with Crippen molar-refractivity contribution in [3.8, 4) is 0 Å². The first kappa shape index (κ1) is 17.6. The number of hydrogen-bond acceptors (Lipinski definition) is 4. The highest BCUT2D eigenvalue weighted by Gasteiger charge is 2.22. The van der Waals surface area contributed by atoms with E-state index in [0.29, 0.717) is 12.1 Å². The van der Waals surface area contributed by atoms with Crippen LogP contribution in [0.25, 0.3) is 0 Å². The van der Waals surface area contributed by atoms with Gasteiger partial charge in [-0.25, -0.2) is 8.42 Å². The predicted octanol–water partition coefficient (Wildman–Crippen LogP) is 0.887. The fourth-order valence-corrected chi connectivity index (χ4v) is 2.83. The molecule has 1 atom stereocenters. The number of aliphatic hydroxyl groups excluding tert-OH is 1. The van der Waals surface area contributed by atoms with Gasteiger partial charge in [0, 0.05) is 13.6 Å². The van der Waals surface area contributed by atoms with Crippen LogP contribution in [-0.4, -0.2) is 43.9 Å². The molecule has 0 aliphatic heterocycles. The van der Waals surface area contributed by atoms with E-state index in [1.807, 2.05) is 6.92 Å². The van der Waals surface area contributed by atoms with E-state index < -0.39 is 16.1 Å². The first-order valence-electron chi connectivity index (χ1n) is 6.80. The van der Waals surface area contributed by atoms with Crippen LogP contribution in [0, 0.1) is 0 Å². The quantitative estimate of drug-likeness (QED) is 0.782. The van der Waals surface area contributed by atoms with Crippen LogP contribution in [0.3, 0.4) is 0 Å². The van der Waals surface area contributed by atoms with E-state index >= 15 is 0 Å². The summed E-state index contributed by atoms with van der Waals surface area (Å²) in [5, 5.41) is 12.0. The summed E-state index contributed by atoms with van der Waals surface area (Å²) >= 11 is 0. The van der Waals surface area contributed by atoms with Gasteiger partial charge in [0.1, 0.15) is 0 Å². The number of carbonyl (C=O) groups excluding carboxylic acids is 1. The Morgan fingerprint density at radius 3 is 2.38 bits per heavy atom. The van der Waals surface area contributed by atoms with Crippen LogP contribution in [0.1, 0.15) is 31.9 Å². The van der Waals surface area contributed by atoms with Gasteiger partial charge in [-0.05, 0) is 31.0 Å². The van der Waals surface area contributed by atoms with Gasteiger partial charge in [-0.3, -0.25) is 4.79 Å². The number of sulfonamides is 1. The Kier molecular flexibility index (Phi) is 6.32. The summed E-state index contributed by atoms with van der Waals surface area (Å²) in [5.74, 6) is -0.330. The first-order valence-corrected chi connectivity index (χ1v) is 8.24. The molecule has 0 spiro atoms. The Bertz CT molecular complexity index is 567. The number of nitrogens with zero attached hydrogens (tertiary/aromatic N) is 1. The van der Waals surface area contributed by atoms with E-state index in [9.17, 15) is 18.3 Å². The van der Waals surface area contributed by atoms with Gasteiger partial charge in [0.05, 0.1) is 17.5 Å². The average Bonchev–Trinajstić information content (AvgIpc) is 2.45. The molecule has 0 aliphatic rings. The molecule has 0 saturated heterocycles. The molecule has 118 valence electrons. The van der Waals surface area contributed by atoms with E-state index in [1.165, 1.54) is 19.2 Å². The van der Waals surface area contributed by atoms with E-state index in [2.05, 4.69) is 5.32 Å². The molecule has 6 nitrogen and oxygen atoms in total. The van der Waals surface area contributed by atoms with Crippen molar-refractivity contribution in [2.75, 3.05) is 20.1 Å². The van der Waals surface area contributed by atoms with Gasteiger partial charge in [0.25, 0.3) is 0 Å². The second kappa shape index (κ2) is 7.53. The molecule has 1 rings (SSSR count). The molecule has 2 N–H and O–H groups in total. The molecule has 0 heterocycles. The lowest BCUT2D eigenvalue weighted by molar-refractivity contribution is -0.121. The fourth-order valence-electron chi connectivity index (χ4n) is 1.71. The summed E-state index contributed by atoms with van der Waals surface area (Å²) in [6, 6.07) is 5.97. The van der Waals surface area contributed by atoms with Crippen molar-refractivity contribution in [3.63, 3.8) is 0 Å². The van der Waals surface area contributed by atoms with Crippen molar-refractivity contribution in [3.05, 3.63) is 29.8 Å². The second-order valence-electron chi connectivity index (χ2n) is 4.86. The van der Waals surface area contributed by atoms with Crippen LogP contribution >= 0.6 is 0 Å². The predicted molar refractivity (Wildman–Crippen MR) is 80.2 cm³/mol. The van der Waals surface area contributed by atoms with E-state index in [4.69, 9.17) is 0 Å². The molecule has 0 radical (unpaired) electrons. The molecule has 0 bridgehead atoms. The monoisotopic (exact) mass is 314 g/mol. The van der Waals surface area contributed by atoms with Gasteiger partial charge in [0.15, 0.2) is 0 Å². The Hall–Kier alpha value is -1.44. The molecule has 21 heavy (non-hydrogen) atoms. The second-order valence-corrected chi connectivity index (χ2v) is 6.90. The van der Waals surface area contributed by atoms with Crippen molar-refractivity contribution in [1.29, 1.82) is 0 Å². The molecule has 1 aromatic rings. The third-order valence-electron chi connectivity index (χ3n) is 3.01. The van der Waals surface area contributed by atoms with Crippen molar-refractivity contribution in [2.24, 2.45) is 0 Å². The molecule has 0 fully saturated rings. The maximum absolute atomic E-state index is 12.3. The highest BCUT2D eigenvalue weighted by molar-refractivity contribution is 7.89. The van der Waals surface area contributed by atoms with Crippen molar-refractivity contribution in [2.45, 2.75) is 31.3 Å². The van der Waals surface area contributed by atoms with Crippen LogP contribution in [0.4, 0.5) is 0 Å². The number of likely N-dealkylation sites (N-methyl/N-ethyl adjacent to an activating group) is 1. The summed E-state index contributed by atoms with van der Waals surface area (Å²) < 4.78 is 25.6. The first-order chi connectivity index (χ1) is 9.78. The largest absolute Gasteiger partial charge is 0.389 e. The molecule has 0 aliphatic carbocycles. The van der Waals surface area contributed by atoms with Gasteiger partial charge in [0.2, 0.25) is 15.9 Å². The summed E-state index contributed by atoms with van der Waals surface area (Å²) in [5.41, 5.74) is 0.636. The van der Waals surface area contributed by atoms with Gasteiger partial charge in [-0.1, -0.05) is 19.1 Å². The topological polar surface area (TPSA) is 86.7 Å². The van der Waals surface area contributed by atoms with E-state index in [-0.39, 0.29) is 17.3 Å². The third-order valence-corrected chi connectivity index (χ3v) is 4.83. The zero-order chi connectivity index (χ0) is 16.0. The molecule has 0 saturated carbocycles. The summed E-state index contributed by atoms with van der Waals surface area (Å²) in [6.45, 7) is 3.83. The SMILES string of the molecule is CCCNC(=O)CN(C)S(=O)(=O)c1ccc(C(C)O)cc1. The fraction of sp³-hybridized carbons (Fsp3) is 0.500. The minimum atomic E-state index is -3.71. The van der Waals surface area contributed by atoms with Crippen LogP contribution in [0.5, 0.6) is 0 Å². The summed E-state index contributed by atoms with van der Waals surface area (Å²) in [7, 11) is -2.35. The molecule has 7 heteroatoms. The molecule has 1 unspecified atom stereocenters. The number of aliphatic hydroxyl groups is 1. The number of nitrogens with one attached hydrogen (secondary N) is 1. The number of rotatable bonds is 7. The molecule has 1 amide bonds. The Morgan fingerprint density at radius 1 is 1.33 bits per heavy atom. The number of carbonyl (C=O) groups is 1. The highest BCUT2D eigenvalue weighted by Crippen LogP contribution is 2.18. The zero-order valence-corrected chi connectivity index (χ0v) is 13.4. The lowest BCUT2D eigenvalue weighted by atomic mass is 10.1. The maximum Gasteiger partial charge on any atom is 0.243 e. The average molecular weight is 314 g/mol. The van der Waals surface area contributed by atoms with Crippen LogP contribution in [0.15, 0.2) is 29.2 Å². The maximum atomic E-state index is 12.3. The van der Waals surface area contributed by atoms with Gasteiger partial charge in [-0.15, -0.1) is 0 Å². The minimum Gasteiger partial charge on any atom is -0.389 e. The lowest BCUT2D eigenvalue weighted by Gasteiger charge is -2.17. The normalized spacial score (nSPS) is 13.2. The molecular formula is C14H22N2O4S. The van der Waals surface area contributed by atoms with Crippen LogP contribution in [0.2, 0.25) is 0 Å². The Balaban J connectivity index is 2.82. The Labute approximate surface area is 125 Å². The summed E-state index contributed by atoms with van der Waals surface area (Å²) in [6.07, 6.45) is 0.141. The highest BCUT2D eigenvalue weighted by atomic mass is 32.2. The summed E-state index contributed by atoms with van der Waals surface area (Å²) in [4.78, 5) is 11.7. The zero-order valence-electron chi connectivity index (χ0n) is 12.5. The lowest BCUT2D eigenvalue weighted by Crippen LogP contribution is -2.38. The van der Waals surface area contributed by atoms with Gasteiger partial charge in [-0.2, -0.15) is 4.31 Å². The molecule has 1 aromatic carbocycles. The van der Waals surface area contributed by atoms with Gasteiger partial charge < -0.3 is 10.4 Å². The molecular weight excluding hydrogens is 292 g/mol. The number of amides is 1. The van der Waals surface area contributed by atoms with Crippen LogP contribution < -0.4 is 5.32 Å². The van der Waals surface area contributed by atoms with Crippen molar-refractivity contribution < 1.29 is 18.3 Å². The van der Waals surface area contributed by atoms with E-state index in [1.54, 1.807) is 19.1 Å². The standard InChI is InChI=1S/C14H22N2O4S/c1-4-9-15-14(18)10-16(3)21(19,20)13-7-5-12(6-8-13)11(2)17/h5-8,11,17H,4,9-10H2,1-3H3,(H,15,18). The third kappa shape index (κ3) is 4.80.